The molecule has 21 heavy (non-hydrogen) atoms. The van der Waals surface area contributed by atoms with Gasteiger partial charge in [0.15, 0.2) is 0 Å². The van der Waals surface area contributed by atoms with Gasteiger partial charge in [0.05, 0.1) is 11.8 Å². The molecule has 1 atom stereocenters. The third-order valence-electron chi connectivity index (χ3n) is 3.26. The van der Waals surface area contributed by atoms with Crippen LogP contribution < -0.4 is 5.73 Å². The number of alkyl halides is 3. The molecule has 0 radical (unpaired) electrons. The maximum Gasteiger partial charge on any atom is 0.416 e. The monoisotopic (exact) mass is 297 g/mol. The molecule has 2 N–H and O–H groups in total. The van der Waals surface area contributed by atoms with Crippen LogP contribution in [-0.2, 0) is 25.6 Å². The number of halogens is 3. The van der Waals surface area contributed by atoms with Crippen molar-refractivity contribution >= 4 is 0 Å². The molecule has 1 aromatic carbocycles. The van der Waals surface area contributed by atoms with Crippen LogP contribution in [0.3, 0.4) is 0 Å². The lowest BCUT2D eigenvalue weighted by Crippen LogP contribution is -2.25. The molecule has 3 nitrogen and oxygen atoms in total. The van der Waals surface area contributed by atoms with Gasteiger partial charge in [-0.3, -0.25) is 4.68 Å². The third-order valence-corrected chi connectivity index (χ3v) is 3.26. The summed E-state index contributed by atoms with van der Waals surface area (Å²) in [4.78, 5) is 0. The van der Waals surface area contributed by atoms with Gasteiger partial charge in [-0.1, -0.05) is 18.2 Å². The summed E-state index contributed by atoms with van der Waals surface area (Å²) in [6.45, 7) is 2.77. The summed E-state index contributed by atoms with van der Waals surface area (Å²) in [5.74, 6) is 0. The second-order valence-electron chi connectivity index (χ2n) is 5.07. The molecular weight excluding hydrogens is 279 g/mol. The molecule has 0 saturated heterocycles. The van der Waals surface area contributed by atoms with Gasteiger partial charge in [-0.05, 0) is 37.0 Å². The van der Waals surface area contributed by atoms with Gasteiger partial charge in [-0.15, -0.1) is 0 Å². The minimum Gasteiger partial charge on any atom is -0.327 e. The molecule has 1 aromatic heterocycles. The van der Waals surface area contributed by atoms with Crippen molar-refractivity contribution in [2.45, 2.75) is 38.5 Å². The van der Waals surface area contributed by atoms with Crippen molar-refractivity contribution in [3.8, 4) is 0 Å². The first kappa shape index (κ1) is 15.6. The van der Waals surface area contributed by atoms with E-state index >= 15 is 0 Å². The average Bonchev–Trinajstić information content (AvgIpc) is 2.85. The number of benzene rings is 1. The van der Waals surface area contributed by atoms with Gasteiger partial charge in [0.25, 0.3) is 0 Å². The van der Waals surface area contributed by atoms with Crippen molar-refractivity contribution < 1.29 is 13.2 Å². The molecule has 0 aliphatic carbocycles. The maximum absolute atomic E-state index is 12.7. The highest BCUT2D eigenvalue weighted by atomic mass is 19.4. The Bertz CT molecular complexity index is 590. The molecule has 0 aliphatic rings. The molecule has 2 rings (SSSR count). The average molecular weight is 297 g/mol. The fourth-order valence-electron chi connectivity index (χ4n) is 2.24. The number of hydrogen-bond donors (Lipinski definition) is 1. The smallest absolute Gasteiger partial charge is 0.327 e. The summed E-state index contributed by atoms with van der Waals surface area (Å²) in [5, 5.41) is 4.15. The fourth-order valence-corrected chi connectivity index (χ4v) is 2.24. The topological polar surface area (TPSA) is 43.8 Å². The number of hydrogen-bond acceptors (Lipinski definition) is 2. The van der Waals surface area contributed by atoms with Crippen LogP contribution in [0.1, 0.15) is 23.6 Å². The van der Waals surface area contributed by atoms with E-state index in [2.05, 4.69) is 5.10 Å². The molecule has 0 bridgehead atoms. The first-order valence-corrected chi connectivity index (χ1v) is 6.81. The Morgan fingerprint density at radius 3 is 2.57 bits per heavy atom. The highest BCUT2D eigenvalue weighted by Gasteiger charge is 2.30. The standard InChI is InChI=1S/C15H18F3N3/c1-2-21-10-12(9-20-21)8-14(19)7-11-4-3-5-13(6-11)15(16,17)18/h3-6,9-10,14H,2,7-8,19H2,1H3. The van der Waals surface area contributed by atoms with E-state index in [-0.39, 0.29) is 6.04 Å². The van der Waals surface area contributed by atoms with Crippen molar-refractivity contribution in [3.05, 3.63) is 53.3 Å². The summed E-state index contributed by atoms with van der Waals surface area (Å²) in [5.41, 5.74) is 6.99. The van der Waals surface area contributed by atoms with Crippen molar-refractivity contribution in [2.75, 3.05) is 0 Å². The molecule has 2 aromatic rings. The van der Waals surface area contributed by atoms with Gasteiger partial charge in [0, 0.05) is 18.8 Å². The molecule has 0 fully saturated rings. The minimum atomic E-state index is -4.32. The van der Waals surface area contributed by atoms with Crippen LogP contribution in [0, 0.1) is 0 Å². The highest BCUT2D eigenvalue weighted by molar-refractivity contribution is 5.26. The number of aromatic nitrogens is 2. The van der Waals surface area contributed by atoms with Gasteiger partial charge < -0.3 is 5.73 Å². The van der Waals surface area contributed by atoms with Crippen LogP contribution in [0.4, 0.5) is 13.2 Å². The van der Waals surface area contributed by atoms with E-state index in [0.29, 0.717) is 18.4 Å². The van der Waals surface area contributed by atoms with E-state index in [4.69, 9.17) is 5.73 Å². The quantitative estimate of drug-likeness (QED) is 0.922. The zero-order chi connectivity index (χ0) is 15.5. The Morgan fingerprint density at radius 2 is 1.95 bits per heavy atom. The van der Waals surface area contributed by atoms with Crippen molar-refractivity contribution in [2.24, 2.45) is 5.73 Å². The molecule has 6 heteroatoms. The maximum atomic E-state index is 12.7. The van der Waals surface area contributed by atoms with Crippen LogP contribution in [0.2, 0.25) is 0 Å². The van der Waals surface area contributed by atoms with Gasteiger partial charge in [0.1, 0.15) is 0 Å². The summed E-state index contributed by atoms with van der Waals surface area (Å²) < 4.78 is 39.8. The first-order valence-electron chi connectivity index (χ1n) is 6.81. The highest BCUT2D eigenvalue weighted by Crippen LogP contribution is 2.29. The fraction of sp³-hybridized carbons (Fsp3) is 0.400. The molecule has 114 valence electrons. The minimum absolute atomic E-state index is 0.233. The van der Waals surface area contributed by atoms with Crippen molar-refractivity contribution in [3.63, 3.8) is 0 Å². The zero-order valence-corrected chi connectivity index (χ0v) is 11.8. The molecule has 1 unspecified atom stereocenters. The van der Waals surface area contributed by atoms with Crippen LogP contribution >= 0.6 is 0 Å². The predicted octanol–water partition coefficient (Wildman–Crippen LogP) is 3.03. The summed E-state index contributed by atoms with van der Waals surface area (Å²) in [6, 6.07) is 5.09. The normalized spacial score (nSPS) is 13.4. The second kappa shape index (κ2) is 6.30. The Hall–Kier alpha value is -1.82. The van der Waals surface area contributed by atoms with E-state index < -0.39 is 11.7 Å². The van der Waals surface area contributed by atoms with E-state index in [9.17, 15) is 13.2 Å². The lowest BCUT2D eigenvalue weighted by molar-refractivity contribution is -0.137. The van der Waals surface area contributed by atoms with Crippen LogP contribution in [0.25, 0.3) is 0 Å². The van der Waals surface area contributed by atoms with Gasteiger partial charge in [-0.2, -0.15) is 18.3 Å². The number of rotatable bonds is 5. The van der Waals surface area contributed by atoms with Crippen LogP contribution in [0.15, 0.2) is 36.7 Å². The van der Waals surface area contributed by atoms with Gasteiger partial charge in [-0.25, -0.2) is 0 Å². The predicted molar refractivity (Wildman–Crippen MR) is 74.7 cm³/mol. The van der Waals surface area contributed by atoms with Gasteiger partial charge >= 0.3 is 6.18 Å². The molecule has 0 spiro atoms. The summed E-state index contributed by atoms with van der Waals surface area (Å²) in [7, 11) is 0. The Balaban J connectivity index is 2.00. The van der Waals surface area contributed by atoms with E-state index in [1.165, 1.54) is 6.07 Å². The molecule has 0 amide bonds. The Kier molecular flexibility index (Phi) is 4.67. The number of nitrogens with two attached hydrogens (primary N) is 1. The molecular formula is C15H18F3N3. The van der Waals surface area contributed by atoms with Crippen molar-refractivity contribution in [1.82, 2.24) is 9.78 Å². The zero-order valence-electron chi connectivity index (χ0n) is 11.8. The summed E-state index contributed by atoms with van der Waals surface area (Å²) in [6.07, 6.45) is 0.335. The van der Waals surface area contributed by atoms with E-state index in [1.54, 1.807) is 16.9 Å². The molecule has 0 aliphatic heterocycles. The van der Waals surface area contributed by atoms with E-state index in [0.717, 1.165) is 24.2 Å². The number of nitrogens with zero attached hydrogens (tertiary/aromatic N) is 2. The van der Waals surface area contributed by atoms with Crippen molar-refractivity contribution in [1.29, 1.82) is 0 Å². The Morgan fingerprint density at radius 1 is 1.24 bits per heavy atom. The largest absolute Gasteiger partial charge is 0.416 e. The number of aryl methyl sites for hydroxylation is 1. The first-order chi connectivity index (χ1) is 9.88. The lowest BCUT2D eigenvalue weighted by Gasteiger charge is -2.12. The second-order valence-corrected chi connectivity index (χ2v) is 5.07. The molecule has 1 heterocycles. The SMILES string of the molecule is CCn1cc(CC(N)Cc2cccc(C(F)(F)F)c2)cn1. The van der Waals surface area contributed by atoms with Crippen LogP contribution in [0.5, 0.6) is 0 Å². The third kappa shape index (κ3) is 4.32. The van der Waals surface area contributed by atoms with Crippen LogP contribution in [-0.4, -0.2) is 15.8 Å². The lowest BCUT2D eigenvalue weighted by atomic mass is 10.00. The summed E-state index contributed by atoms with van der Waals surface area (Å²) >= 11 is 0. The van der Waals surface area contributed by atoms with Gasteiger partial charge in [0.2, 0.25) is 0 Å². The Labute approximate surface area is 121 Å². The van der Waals surface area contributed by atoms with E-state index in [1.807, 2.05) is 13.1 Å². The molecule has 0 saturated carbocycles.